The molecule has 1 fully saturated rings. The summed E-state index contributed by atoms with van der Waals surface area (Å²) in [5.74, 6) is -2.89. The van der Waals surface area contributed by atoms with E-state index in [1.54, 1.807) is 41.0 Å². The number of ether oxygens (including phenoxy) is 1. The molecule has 0 aliphatic carbocycles. The number of nitrogens with zero attached hydrogens (tertiary/aromatic N) is 3. The monoisotopic (exact) mass is 530 g/mol. The molecule has 0 amide bonds. The van der Waals surface area contributed by atoms with Gasteiger partial charge in [-0.15, -0.1) is 0 Å². The van der Waals surface area contributed by atoms with Crippen LogP contribution < -0.4 is 10.1 Å². The Morgan fingerprint density at radius 1 is 0.944 bits per heavy atom. The Morgan fingerprint density at radius 2 is 1.53 bits per heavy atom. The summed E-state index contributed by atoms with van der Waals surface area (Å²) >= 11 is 5.99. The molecule has 0 saturated carbocycles. The first-order valence-electron chi connectivity index (χ1n) is 11.8. The van der Waals surface area contributed by atoms with Crippen LogP contribution in [0.5, 0.6) is 5.75 Å². The number of halogens is 1. The number of carboxylic acid groups (broad SMARTS) is 3. The Kier molecular flexibility index (Phi) is 12.3. The number of hydrogen-bond acceptors (Lipinski definition) is 9. The fourth-order valence-electron chi connectivity index (χ4n) is 4.16. The van der Waals surface area contributed by atoms with Crippen LogP contribution in [0, 0.1) is 0 Å². The topological polar surface area (TPSA) is 163 Å². The second-order valence-electron chi connectivity index (χ2n) is 8.58. The average molecular weight is 531 g/mol. The summed E-state index contributed by atoms with van der Waals surface area (Å²) in [5.41, 5.74) is 0. The third kappa shape index (κ3) is 9.88. The van der Waals surface area contributed by atoms with Crippen LogP contribution in [-0.2, 0) is 14.4 Å². The molecular weight excluding hydrogens is 496 g/mol. The van der Waals surface area contributed by atoms with Gasteiger partial charge < -0.3 is 30.5 Å². The van der Waals surface area contributed by atoms with E-state index >= 15 is 0 Å². The van der Waals surface area contributed by atoms with Crippen molar-refractivity contribution in [3.05, 3.63) is 29.3 Å². The Labute approximate surface area is 215 Å². The zero-order chi connectivity index (χ0) is 26.7. The summed E-state index contributed by atoms with van der Waals surface area (Å²) in [5, 5.41) is 43.3. The SMILES string of the molecule is CCC(O)C1C(Oc2ccc(Cl)cc2)N(CC(=O)O)CCN(CC(=O)O)CCNCCN1CC(=O)O. The minimum atomic E-state index is -1.15. The highest BCUT2D eigenvalue weighted by Gasteiger charge is 2.40. The van der Waals surface area contributed by atoms with Crippen LogP contribution in [0.25, 0.3) is 0 Å². The third-order valence-electron chi connectivity index (χ3n) is 5.88. The molecule has 0 spiro atoms. The summed E-state index contributed by atoms with van der Waals surface area (Å²) in [6, 6.07) is 5.51. The number of rotatable bonds is 10. The van der Waals surface area contributed by atoms with Crippen LogP contribution in [0.4, 0.5) is 0 Å². The van der Waals surface area contributed by atoms with Gasteiger partial charge in [-0.1, -0.05) is 18.5 Å². The number of aliphatic hydroxyl groups excluding tert-OH is 1. The van der Waals surface area contributed by atoms with Crippen molar-refractivity contribution in [2.45, 2.75) is 31.7 Å². The Bertz CT molecular complexity index is 859. The predicted molar refractivity (Wildman–Crippen MR) is 131 cm³/mol. The zero-order valence-electron chi connectivity index (χ0n) is 20.3. The lowest BCUT2D eigenvalue weighted by atomic mass is 10.0. The summed E-state index contributed by atoms with van der Waals surface area (Å²) in [4.78, 5) is 39.7. The summed E-state index contributed by atoms with van der Waals surface area (Å²) in [6.07, 6.45) is -1.85. The highest BCUT2D eigenvalue weighted by molar-refractivity contribution is 6.30. The Morgan fingerprint density at radius 3 is 2.11 bits per heavy atom. The van der Waals surface area contributed by atoms with E-state index in [0.29, 0.717) is 30.4 Å². The first-order valence-corrected chi connectivity index (χ1v) is 12.1. The fraction of sp³-hybridized carbons (Fsp3) is 0.609. The molecule has 0 radical (unpaired) electrons. The molecule has 1 aromatic carbocycles. The molecule has 202 valence electrons. The number of nitrogens with one attached hydrogen (secondary N) is 1. The molecule has 12 nitrogen and oxygen atoms in total. The molecule has 0 bridgehead atoms. The molecule has 1 aromatic rings. The number of carbonyl (C=O) groups is 3. The summed E-state index contributed by atoms with van der Waals surface area (Å²) in [6.45, 7) is 2.43. The second kappa shape index (κ2) is 14.9. The maximum atomic E-state index is 11.8. The van der Waals surface area contributed by atoms with Crippen LogP contribution >= 0.6 is 11.6 Å². The largest absolute Gasteiger partial charge is 0.480 e. The number of aliphatic carboxylic acids is 3. The van der Waals surface area contributed by atoms with Crippen LogP contribution in [0.15, 0.2) is 24.3 Å². The van der Waals surface area contributed by atoms with E-state index in [9.17, 15) is 34.8 Å². The molecule has 36 heavy (non-hydrogen) atoms. The van der Waals surface area contributed by atoms with Gasteiger partial charge >= 0.3 is 17.9 Å². The second-order valence-corrected chi connectivity index (χ2v) is 9.01. The number of benzene rings is 1. The van der Waals surface area contributed by atoms with Crippen molar-refractivity contribution in [3.8, 4) is 5.75 Å². The van der Waals surface area contributed by atoms with Gasteiger partial charge in [-0.25, -0.2) is 0 Å². The van der Waals surface area contributed by atoms with Crippen molar-refractivity contribution < 1.29 is 39.5 Å². The van der Waals surface area contributed by atoms with Gasteiger partial charge in [0.2, 0.25) is 0 Å². The predicted octanol–water partition coefficient (Wildman–Crippen LogP) is -0.0526. The van der Waals surface area contributed by atoms with E-state index in [-0.39, 0.29) is 32.6 Å². The van der Waals surface area contributed by atoms with E-state index in [4.69, 9.17) is 16.3 Å². The minimum Gasteiger partial charge on any atom is -0.480 e. The smallest absolute Gasteiger partial charge is 0.317 e. The molecule has 3 atom stereocenters. The number of aliphatic hydroxyl groups is 1. The molecule has 2 rings (SSSR count). The normalized spacial score (nSPS) is 22.2. The molecule has 1 heterocycles. The van der Waals surface area contributed by atoms with Crippen molar-refractivity contribution in [1.82, 2.24) is 20.0 Å². The van der Waals surface area contributed by atoms with Gasteiger partial charge in [0.05, 0.1) is 31.8 Å². The number of hydrogen-bond donors (Lipinski definition) is 5. The summed E-state index contributed by atoms with van der Waals surface area (Å²) in [7, 11) is 0. The highest BCUT2D eigenvalue weighted by Crippen LogP contribution is 2.24. The Balaban J connectivity index is 2.55. The molecule has 1 aliphatic rings. The molecule has 1 aliphatic heterocycles. The van der Waals surface area contributed by atoms with Gasteiger partial charge in [0.1, 0.15) is 5.75 Å². The van der Waals surface area contributed by atoms with Gasteiger partial charge in [-0.3, -0.25) is 29.1 Å². The first-order chi connectivity index (χ1) is 17.1. The zero-order valence-corrected chi connectivity index (χ0v) is 21.0. The molecule has 3 unspecified atom stereocenters. The lowest BCUT2D eigenvalue weighted by Gasteiger charge is -2.43. The lowest BCUT2D eigenvalue weighted by Crippen LogP contribution is -2.63. The van der Waals surface area contributed by atoms with Crippen LogP contribution in [0.1, 0.15) is 13.3 Å². The quantitative estimate of drug-likeness (QED) is 0.274. The van der Waals surface area contributed by atoms with E-state index < -0.39 is 49.4 Å². The molecule has 0 aromatic heterocycles. The minimum absolute atomic E-state index is 0.103. The van der Waals surface area contributed by atoms with Gasteiger partial charge in [0, 0.05) is 44.3 Å². The third-order valence-corrected chi connectivity index (χ3v) is 6.13. The molecule has 5 N–H and O–H groups in total. The van der Waals surface area contributed by atoms with Crippen LogP contribution in [-0.4, -0.2) is 130 Å². The Hall–Kier alpha value is -2.48. The number of carboxylic acids is 3. The van der Waals surface area contributed by atoms with E-state index in [0.717, 1.165) is 0 Å². The maximum absolute atomic E-state index is 11.8. The fourth-order valence-corrected chi connectivity index (χ4v) is 4.29. The van der Waals surface area contributed by atoms with Crippen LogP contribution in [0.3, 0.4) is 0 Å². The highest BCUT2D eigenvalue weighted by atomic mass is 35.5. The van der Waals surface area contributed by atoms with Crippen molar-refractivity contribution in [2.75, 3.05) is 58.9 Å². The van der Waals surface area contributed by atoms with E-state index in [1.165, 1.54) is 4.90 Å². The molecular formula is C23H35ClN4O8. The van der Waals surface area contributed by atoms with E-state index in [1.807, 2.05) is 0 Å². The van der Waals surface area contributed by atoms with Crippen molar-refractivity contribution in [3.63, 3.8) is 0 Å². The maximum Gasteiger partial charge on any atom is 0.317 e. The van der Waals surface area contributed by atoms with Crippen LogP contribution in [0.2, 0.25) is 5.02 Å². The lowest BCUT2D eigenvalue weighted by molar-refractivity contribution is -0.150. The summed E-state index contributed by atoms with van der Waals surface area (Å²) < 4.78 is 6.25. The standard InChI is InChI=1S/C23H35ClN4O8/c1-2-18(29)22-23(36-17-5-3-16(24)4-6-17)28(15-21(34)35)12-11-26(13-19(30)31)9-7-25-8-10-27(22)14-20(32)33/h3-6,18,22-23,25,29H,2,7-15H2,1H3,(H,30,31)(H,32,33)(H,34,35). The van der Waals surface area contributed by atoms with E-state index in [2.05, 4.69) is 5.32 Å². The van der Waals surface area contributed by atoms with Gasteiger partial charge in [-0.2, -0.15) is 0 Å². The van der Waals surface area contributed by atoms with Gasteiger partial charge in [-0.05, 0) is 30.7 Å². The van der Waals surface area contributed by atoms with Gasteiger partial charge in [0.15, 0.2) is 6.23 Å². The van der Waals surface area contributed by atoms with Crippen molar-refractivity contribution in [1.29, 1.82) is 0 Å². The molecule has 1 saturated heterocycles. The van der Waals surface area contributed by atoms with Gasteiger partial charge in [0.25, 0.3) is 0 Å². The van der Waals surface area contributed by atoms with Crippen molar-refractivity contribution >= 4 is 29.5 Å². The first kappa shape index (κ1) is 29.7. The molecule has 13 heteroatoms. The van der Waals surface area contributed by atoms with Crippen molar-refractivity contribution in [2.24, 2.45) is 0 Å². The average Bonchev–Trinajstić information content (AvgIpc) is 2.80.